The Kier molecular flexibility index (Phi) is 4.20. The van der Waals surface area contributed by atoms with Gasteiger partial charge in [0.05, 0.1) is 21.9 Å². The highest BCUT2D eigenvalue weighted by molar-refractivity contribution is 7.92. The van der Waals surface area contributed by atoms with Crippen LogP contribution in [0.5, 0.6) is 0 Å². The van der Waals surface area contributed by atoms with Crippen molar-refractivity contribution < 1.29 is 21.6 Å². The fraction of sp³-hybridized carbons (Fsp3) is 0.333. The van der Waals surface area contributed by atoms with E-state index in [0.717, 1.165) is 12.1 Å². The summed E-state index contributed by atoms with van der Waals surface area (Å²) < 4.78 is 64.8. The minimum atomic E-state index is -4.72. The average Bonchev–Trinajstić information content (AvgIpc) is 3.06. The molecular formula is C15H14F3N3O2S. The Balaban J connectivity index is 1.91. The highest BCUT2D eigenvalue weighted by atomic mass is 32.2. The minimum Gasteiger partial charge on any atom is -0.354 e. The Morgan fingerprint density at radius 1 is 1.17 bits per heavy atom. The molecule has 0 unspecified atom stereocenters. The lowest BCUT2D eigenvalue weighted by Crippen LogP contribution is -2.28. The molecule has 128 valence electrons. The van der Waals surface area contributed by atoms with Gasteiger partial charge in [-0.2, -0.15) is 13.2 Å². The molecule has 0 amide bonds. The van der Waals surface area contributed by atoms with E-state index in [2.05, 4.69) is 9.97 Å². The van der Waals surface area contributed by atoms with E-state index in [4.69, 9.17) is 0 Å². The summed E-state index contributed by atoms with van der Waals surface area (Å²) in [5.74, 6) is 0.513. The molecule has 1 fully saturated rings. The maximum Gasteiger partial charge on any atom is 0.417 e. The van der Waals surface area contributed by atoms with Crippen molar-refractivity contribution in [2.75, 3.05) is 18.0 Å². The number of anilines is 1. The summed E-state index contributed by atoms with van der Waals surface area (Å²) in [6, 6.07) is 4.30. The van der Waals surface area contributed by atoms with Crippen LogP contribution in [-0.2, 0) is 16.0 Å². The highest BCUT2D eigenvalue weighted by Crippen LogP contribution is 2.36. The maximum atomic E-state index is 13.1. The molecule has 0 aliphatic carbocycles. The van der Waals surface area contributed by atoms with Crippen LogP contribution in [0.1, 0.15) is 12.0 Å². The van der Waals surface area contributed by atoms with Crippen molar-refractivity contribution in [3.8, 4) is 0 Å². The number of hydrogen-bond donors (Lipinski definition) is 0. The predicted octanol–water partition coefficient (Wildman–Crippen LogP) is 2.55. The lowest BCUT2D eigenvalue weighted by molar-refractivity contribution is -0.139. The van der Waals surface area contributed by atoms with Crippen LogP contribution in [0.25, 0.3) is 0 Å². The molecule has 1 aliphatic rings. The van der Waals surface area contributed by atoms with Gasteiger partial charge in [0.15, 0.2) is 9.84 Å². The van der Waals surface area contributed by atoms with E-state index < -0.39 is 31.7 Å². The molecule has 0 saturated carbocycles. The molecule has 1 aliphatic heterocycles. The summed E-state index contributed by atoms with van der Waals surface area (Å²) in [6.45, 7) is 0.490. The number of halogens is 3. The van der Waals surface area contributed by atoms with Gasteiger partial charge in [0.25, 0.3) is 0 Å². The molecule has 1 aromatic heterocycles. The van der Waals surface area contributed by atoms with Gasteiger partial charge in [0.1, 0.15) is 5.82 Å². The summed E-state index contributed by atoms with van der Waals surface area (Å²) >= 11 is 0. The highest BCUT2D eigenvalue weighted by Gasteiger charge is 2.41. The second kappa shape index (κ2) is 6.04. The van der Waals surface area contributed by atoms with Crippen molar-refractivity contribution in [2.24, 2.45) is 0 Å². The van der Waals surface area contributed by atoms with E-state index in [1.165, 1.54) is 30.7 Å². The van der Waals surface area contributed by atoms with E-state index in [1.807, 2.05) is 0 Å². The monoisotopic (exact) mass is 357 g/mol. The van der Waals surface area contributed by atoms with Crippen molar-refractivity contribution in [2.45, 2.75) is 22.7 Å². The number of aromatic nitrogens is 2. The molecular weight excluding hydrogens is 343 g/mol. The smallest absolute Gasteiger partial charge is 0.354 e. The SMILES string of the molecule is O=S(=O)(c1ccccc1C(F)(F)F)[C@H]1CCN(c2cnccn2)C1. The third kappa shape index (κ3) is 3.08. The molecule has 1 saturated heterocycles. The number of benzene rings is 1. The Morgan fingerprint density at radius 3 is 2.58 bits per heavy atom. The summed E-state index contributed by atoms with van der Waals surface area (Å²) in [5, 5.41) is -0.914. The van der Waals surface area contributed by atoms with Gasteiger partial charge in [-0.05, 0) is 18.6 Å². The van der Waals surface area contributed by atoms with Crippen molar-refractivity contribution in [3.63, 3.8) is 0 Å². The van der Waals surface area contributed by atoms with Crippen LogP contribution in [-0.4, -0.2) is 36.7 Å². The first-order valence-corrected chi connectivity index (χ1v) is 8.76. The number of alkyl halides is 3. The second-order valence-electron chi connectivity index (χ2n) is 5.46. The standard InChI is InChI=1S/C15H14F3N3O2S/c16-15(17,18)12-3-1-2-4-13(12)24(22,23)11-5-8-21(10-11)14-9-19-6-7-20-14/h1-4,6-7,9,11H,5,8,10H2/t11-/m0/s1. The van der Waals surface area contributed by atoms with Crippen molar-refractivity contribution in [1.29, 1.82) is 0 Å². The van der Waals surface area contributed by atoms with Gasteiger partial charge < -0.3 is 4.90 Å². The van der Waals surface area contributed by atoms with Gasteiger partial charge in [0.2, 0.25) is 0 Å². The first-order chi connectivity index (χ1) is 11.3. The average molecular weight is 357 g/mol. The predicted molar refractivity (Wildman–Crippen MR) is 81.3 cm³/mol. The van der Waals surface area contributed by atoms with Crippen LogP contribution >= 0.6 is 0 Å². The summed E-state index contributed by atoms with van der Waals surface area (Å²) in [7, 11) is -4.10. The maximum absolute atomic E-state index is 13.1. The molecule has 0 radical (unpaired) electrons. The van der Waals surface area contributed by atoms with Crippen LogP contribution in [0.4, 0.5) is 19.0 Å². The molecule has 1 aromatic carbocycles. The van der Waals surface area contributed by atoms with E-state index in [-0.39, 0.29) is 13.0 Å². The van der Waals surface area contributed by atoms with Gasteiger partial charge in [-0.3, -0.25) is 4.98 Å². The van der Waals surface area contributed by atoms with Gasteiger partial charge in [-0.1, -0.05) is 12.1 Å². The van der Waals surface area contributed by atoms with E-state index in [0.29, 0.717) is 12.4 Å². The molecule has 0 N–H and O–H groups in total. The normalized spacial score (nSPS) is 18.8. The Labute approximate surface area is 137 Å². The van der Waals surface area contributed by atoms with Crippen LogP contribution in [0.15, 0.2) is 47.8 Å². The summed E-state index contributed by atoms with van der Waals surface area (Å²) in [5.41, 5.74) is -1.12. The third-order valence-corrected chi connectivity index (χ3v) is 6.19. The molecule has 0 spiro atoms. The Bertz CT molecular complexity index is 825. The van der Waals surface area contributed by atoms with Crippen LogP contribution in [0, 0.1) is 0 Å². The third-order valence-electron chi connectivity index (χ3n) is 3.96. The number of rotatable bonds is 3. The van der Waals surface area contributed by atoms with Crippen molar-refractivity contribution >= 4 is 15.7 Å². The van der Waals surface area contributed by atoms with Crippen LogP contribution < -0.4 is 4.90 Å². The minimum absolute atomic E-state index is 0.0905. The van der Waals surface area contributed by atoms with Crippen molar-refractivity contribution in [3.05, 3.63) is 48.4 Å². The van der Waals surface area contributed by atoms with Gasteiger partial charge in [-0.25, -0.2) is 13.4 Å². The molecule has 2 aromatic rings. The lowest BCUT2D eigenvalue weighted by Gasteiger charge is -2.18. The second-order valence-corrected chi connectivity index (χ2v) is 7.66. The van der Waals surface area contributed by atoms with Crippen LogP contribution in [0.3, 0.4) is 0 Å². The largest absolute Gasteiger partial charge is 0.417 e. The molecule has 1 atom stereocenters. The quantitative estimate of drug-likeness (QED) is 0.845. The van der Waals surface area contributed by atoms with Gasteiger partial charge in [0, 0.05) is 25.5 Å². The van der Waals surface area contributed by atoms with E-state index in [1.54, 1.807) is 4.90 Å². The van der Waals surface area contributed by atoms with E-state index >= 15 is 0 Å². The summed E-state index contributed by atoms with van der Waals surface area (Å²) in [6.07, 6.45) is 0.000106. The number of hydrogen-bond acceptors (Lipinski definition) is 5. The first kappa shape index (κ1) is 16.7. The Hall–Kier alpha value is -2.16. The first-order valence-electron chi connectivity index (χ1n) is 7.21. The lowest BCUT2D eigenvalue weighted by atomic mass is 10.2. The van der Waals surface area contributed by atoms with Gasteiger partial charge in [-0.15, -0.1) is 0 Å². The Morgan fingerprint density at radius 2 is 1.92 bits per heavy atom. The zero-order valence-electron chi connectivity index (χ0n) is 12.4. The van der Waals surface area contributed by atoms with Gasteiger partial charge >= 0.3 is 6.18 Å². The fourth-order valence-corrected chi connectivity index (χ4v) is 4.68. The fourth-order valence-electron chi connectivity index (χ4n) is 2.77. The topological polar surface area (TPSA) is 63.2 Å². The van der Waals surface area contributed by atoms with Crippen molar-refractivity contribution in [1.82, 2.24) is 9.97 Å². The number of sulfone groups is 1. The number of nitrogens with zero attached hydrogens (tertiary/aromatic N) is 3. The molecule has 5 nitrogen and oxygen atoms in total. The zero-order valence-corrected chi connectivity index (χ0v) is 13.3. The van der Waals surface area contributed by atoms with Crippen LogP contribution in [0.2, 0.25) is 0 Å². The van der Waals surface area contributed by atoms with E-state index in [9.17, 15) is 21.6 Å². The molecule has 0 bridgehead atoms. The zero-order chi connectivity index (χ0) is 17.4. The molecule has 2 heterocycles. The molecule has 9 heteroatoms. The molecule has 24 heavy (non-hydrogen) atoms. The summed E-state index contributed by atoms with van der Waals surface area (Å²) in [4.78, 5) is 9.06. The molecule has 3 rings (SSSR count).